The summed E-state index contributed by atoms with van der Waals surface area (Å²) in [4.78, 5) is 13.0. The molecule has 4 aromatic rings. The van der Waals surface area contributed by atoms with Gasteiger partial charge in [-0.25, -0.2) is 4.79 Å². The van der Waals surface area contributed by atoms with Crippen LogP contribution in [0.4, 0.5) is 0 Å². The molecule has 158 valence electrons. The molecule has 1 unspecified atom stereocenters. The van der Waals surface area contributed by atoms with E-state index in [1.165, 1.54) is 0 Å². The van der Waals surface area contributed by atoms with E-state index >= 15 is 0 Å². The van der Waals surface area contributed by atoms with Crippen molar-refractivity contribution in [1.29, 1.82) is 0 Å². The van der Waals surface area contributed by atoms with Crippen LogP contribution in [0.25, 0.3) is 22.9 Å². The molecule has 1 aliphatic carbocycles. The lowest BCUT2D eigenvalue weighted by atomic mass is 9.72. The minimum absolute atomic E-state index is 0.0876. The minimum atomic E-state index is -1.24. The van der Waals surface area contributed by atoms with E-state index in [0.29, 0.717) is 33.8 Å². The summed E-state index contributed by atoms with van der Waals surface area (Å²) in [5.41, 5.74) is 2.94. The number of esters is 1. The van der Waals surface area contributed by atoms with Gasteiger partial charge in [-0.05, 0) is 71.0 Å². The van der Waals surface area contributed by atoms with Gasteiger partial charge < -0.3 is 19.7 Å². The van der Waals surface area contributed by atoms with Crippen molar-refractivity contribution in [3.05, 3.63) is 112 Å². The summed E-state index contributed by atoms with van der Waals surface area (Å²) in [6.07, 6.45) is 3.88. The van der Waals surface area contributed by atoms with Crippen LogP contribution < -0.4 is 4.74 Å². The molecule has 0 fully saturated rings. The van der Waals surface area contributed by atoms with Crippen LogP contribution in [-0.4, -0.2) is 16.2 Å². The molecule has 2 aliphatic heterocycles. The van der Waals surface area contributed by atoms with E-state index in [4.69, 9.17) is 9.47 Å². The Balaban J connectivity index is 1.56. The number of carbonyl (C=O) groups excluding carboxylic acids is 1. The molecule has 1 atom stereocenters. The number of benzene rings is 4. The van der Waals surface area contributed by atoms with Crippen molar-refractivity contribution in [2.45, 2.75) is 5.60 Å². The lowest BCUT2D eigenvalue weighted by molar-refractivity contribution is 0.0231. The Kier molecular flexibility index (Phi) is 3.32. The maximum Gasteiger partial charge on any atom is 0.340 e. The SMILES string of the molecule is O=C1OC2(C3=Cc4cc5cc(O)ccc5cc4OC3=Cc3ccc(O)cc32)c2ccccc21. The molecule has 3 aliphatic rings. The van der Waals surface area contributed by atoms with Crippen LogP contribution in [-0.2, 0) is 10.3 Å². The fraction of sp³-hybridized carbons (Fsp3) is 0.0357. The molecule has 4 aromatic carbocycles. The van der Waals surface area contributed by atoms with Gasteiger partial charge in [-0.3, -0.25) is 0 Å². The number of hydrogen-bond acceptors (Lipinski definition) is 5. The fourth-order valence-electron chi connectivity index (χ4n) is 5.14. The second-order valence-corrected chi connectivity index (χ2v) is 8.48. The summed E-state index contributed by atoms with van der Waals surface area (Å²) in [6.45, 7) is 0. The third-order valence-corrected chi connectivity index (χ3v) is 6.59. The van der Waals surface area contributed by atoms with Gasteiger partial charge in [0.2, 0.25) is 0 Å². The van der Waals surface area contributed by atoms with Gasteiger partial charge in [0.1, 0.15) is 23.0 Å². The van der Waals surface area contributed by atoms with E-state index in [2.05, 4.69) is 0 Å². The molecule has 5 nitrogen and oxygen atoms in total. The second-order valence-electron chi connectivity index (χ2n) is 8.48. The molecule has 0 saturated heterocycles. The van der Waals surface area contributed by atoms with Crippen LogP contribution in [0.15, 0.2) is 84.1 Å². The smallest absolute Gasteiger partial charge is 0.340 e. The highest BCUT2D eigenvalue weighted by Gasteiger charge is 2.54. The van der Waals surface area contributed by atoms with Crippen molar-refractivity contribution in [1.82, 2.24) is 0 Å². The van der Waals surface area contributed by atoms with Gasteiger partial charge >= 0.3 is 5.97 Å². The van der Waals surface area contributed by atoms with Crippen molar-refractivity contribution in [3.63, 3.8) is 0 Å². The first-order valence-electron chi connectivity index (χ1n) is 10.6. The summed E-state index contributed by atoms with van der Waals surface area (Å²) in [6, 6.07) is 21.4. The topological polar surface area (TPSA) is 76.0 Å². The minimum Gasteiger partial charge on any atom is -0.508 e. The van der Waals surface area contributed by atoms with Crippen LogP contribution in [0.1, 0.15) is 32.6 Å². The standard InChI is InChI=1S/C28H16O5/c29-19-7-5-15-12-25-18(9-17(15)10-19)11-24-26(32-25)13-16-6-8-20(30)14-23(16)28(24)22-4-2-1-3-21(22)27(31)33-28/h1-14,29-30H. The van der Waals surface area contributed by atoms with E-state index in [1.807, 2.05) is 48.6 Å². The number of rotatable bonds is 0. The number of hydrogen-bond donors (Lipinski definition) is 2. The number of fused-ring (bicyclic) bond motifs is 8. The second kappa shape index (κ2) is 6.04. The average Bonchev–Trinajstić information content (AvgIpc) is 3.11. The van der Waals surface area contributed by atoms with Crippen molar-refractivity contribution in [2.75, 3.05) is 0 Å². The largest absolute Gasteiger partial charge is 0.508 e. The van der Waals surface area contributed by atoms with Gasteiger partial charge in [-0.1, -0.05) is 30.3 Å². The number of phenolic OH excluding ortho intramolecular Hbond substituents is 2. The maximum atomic E-state index is 13.0. The molecule has 0 saturated carbocycles. The normalized spacial score (nSPS) is 19.6. The Bertz CT molecular complexity index is 1610. The van der Waals surface area contributed by atoms with Crippen molar-refractivity contribution < 1.29 is 24.5 Å². The lowest BCUT2D eigenvalue weighted by Gasteiger charge is -2.39. The Morgan fingerprint density at radius 1 is 0.727 bits per heavy atom. The monoisotopic (exact) mass is 432 g/mol. The van der Waals surface area contributed by atoms with Gasteiger partial charge in [-0.2, -0.15) is 0 Å². The molecule has 0 radical (unpaired) electrons. The number of phenols is 2. The highest BCUT2D eigenvalue weighted by molar-refractivity contribution is 5.99. The predicted octanol–water partition coefficient (Wildman–Crippen LogP) is 5.50. The van der Waals surface area contributed by atoms with Gasteiger partial charge in [0.15, 0.2) is 5.60 Å². The van der Waals surface area contributed by atoms with E-state index in [1.54, 1.807) is 36.4 Å². The highest BCUT2D eigenvalue weighted by atomic mass is 16.6. The zero-order valence-electron chi connectivity index (χ0n) is 17.2. The summed E-state index contributed by atoms with van der Waals surface area (Å²) in [5.74, 6) is 1.12. The van der Waals surface area contributed by atoms with Gasteiger partial charge in [0.25, 0.3) is 0 Å². The first-order chi connectivity index (χ1) is 16.0. The predicted molar refractivity (Wildman–Crippen MR) is 123 cm³/mol. The van der Waals surface area contributed by atoms with Crippen LogP contribution in [0.3, 0.4) is 0 Å². The fourth-order valence-corrected chi connectivity index (χ4v) is 5.14. The van der Waals surface area contributed by atoms with Gasteiger partial charge in [0, 0.05) is 22.3 Å². The third kappa shape index (κ3) is 2.33. The molecule has 2 N–H and O–H groups in total. The molecule has 1 spiro atoms. The molecular weight excluding hydrogens is 416 g/mol. The summed E-state index contributed by atoms with van der Waals surface area (Å²) < 4.78 is 12.5. The van der Waals surface area contributed by atoms with Gasteiger partial charge in [-0.15, -0.1) is 0 Å². The zero-order chi connectivity index (χ0) is 22.3. The summed E-state index contributed by atoms with van der Waals surface area (Å²) in [7, 11) is 0. The molecule has 33 heavy (non-hydrogen) atoms. The van der Waals surface area contributed by atoms with E-state index in [0.717, 1.165) is 21.9 Å². The average molecular weight is 432 g/mol. The Labute approximate surface area is 188 Å². The Morgan fingerprint density at radius 3 is 2.45 bits per heavy atom. The Morgan fingerprint density at radius 2 is 1.55 bits per heavy atom. The van der Waals surface area contributed by atoms with E-state index in [-0.39, 0.29) is 11.5 Å². The number of ether oxygens (including phenoxy) is 2. The first kappa shape index (κ1) is 18.1. The highest BCUT2D eigenvalue weighted by Crippen LogP contribution is 2.56. The summed E-state index contributed by atoms with van der Waals surface area (Å²) in [5, 5.41) is 22.0. The maximum absolute atomic E-state index is 13.0. The molecule has 2 heterocycles. The lowest BCUT2D eigenvalue weighted by Crippen LogP contribution is -2.36. The molecule has 0 amide bonds. The van der Waals surface area contributed by atoms with Crippen LogP contribution in [0.5, 0.6) is 17.2 Å². The van der Waals surface area contributed by atoms with Crippen molar-refractivity contribution >= 4 is 28.9 Å². The van der Waals surface area contributed by atoms with Gasteiger partial charge in [0.05, 0.1) is 5.56 Å². The molecule has 7 rings (SSSR count). The number of aromatic hydroxyl groups is 2. The van der Waals surface area contributed by atoms with Crippen LogP contribution in [0, 0.1) is 0 Å². The Hall–Kier alpha value is -4.51. The quantitative estimate of drug-likeness (QED) is 0.359. The van der Waals surface area contributed by atoms with Crippen molar-refractivity contribution in [2.24, 2.45) is 0 Å². The van der Waals surface area contributed by atoms with Crippen molar-refractivity contribution in [3.8, 4) is 17.2 Å². The molecule has 5 heteroatoms. The summed E-state index contributed by atoms with van der Waals surface area (Å²) >= 11 is 0. The molecule has 0 aromatic heterocycles. The van der Waals surface area contributed by atoms with E-state index < -0.39 is 11.6 Å². The molecule has 0 bridgehead atoms. The molecular formula is C28H16O5. The first-order valence-corrected chi connectivity index (χ1v) is 10.6. The third-order valence-electron chi connectivity index (χ3n) is 6.59. The number of carbonyl (C=O) groups is 1. The zero-order valence-corrected chi connectivity index (χ0v) is 17.2. The van der Waals surface area contributed by atoms with Crippen LogP contribution >= 0.6 is 0 Å². The van der Waals surface area contributed by atoms with Crippen LogP contribution in [0.2, 0.25) is 0 Å². The van der Waals surface area contributed by atoms with E-state index in [9.17, 15) is 15.0 Å².